The minimum Gasteiger partial charge on any atom is -0.481 e. The van der Waals surface area contributed by atoms with Gasteiger partial charge in [-0.05, 0) is 37.6 Å². The number of rotatable bonds is 5. The Morgan fingerprint density at radius 3 is 2.41 bits per heavy atom. The quantitative estimate of drug-likeness (QED) is 0.890. The second-order valence-electron chi connectivity index (χ2n) is 4.98. The van der Waals surface area contributed by atoms with Gasteiger partial charge in [-0.3, -0.25) is 9.59 Å². The third-order valence-corrected chi connectivity index (χ3v) is 3.32. The minimum absolute atomic E-state index is 0.0938. The van der Waals surface area contributed by atoms with E-state index in [1.807, 2.05) is 0 Å². The van der Waals surface area contributed by atoms with E-state index in [0.717, 1.165) is 0 Å². The monoisotopic (exact) mass is 305 g/mol. The van der Waals surface area contributed by atoms with Gasteiger partial charge in [-0.2, -0.15) is 0 Å². The normalized spacial score (nSPS) is 12.0. The molecule has 2 aromatic rings. The third kappa shape index (κ3) is 3.52. The zero-order valence-corrected chi connectivity index (χ0v) is 12.2. The SMILES string of the molecule is Cc1cc(C(=O)NCC(C(=O)O)c2ccc(F)cc2)c(C)o1. The van der Waals surface area contributed by atoms with Crippen LogP contribution in [0.25, 0.3) is 0 Å². The van der Waals surface area contributed by atoms with Gasteiger partial charge in [0.25, 0.3) is 5.91 Å². The molecule has 0 aliphatic rings. The number of aryl methyl sites for hydroxylation is 2. The standard InChI is InChI=1S/C16H16FNO4/c1-9-7-13(10(2)22-9)15(19)18-8-14(16(20)21)11-3-5-12(17)6-4-11/h3-7,14H,8H2,1-2H3,(H,18,19)(H,20,21). The number of aliphatic carboxylic acids is 1. The Morgan fingerprint density at radius 1 is 1.27 bits per heavy atom. The molecule has 0 saturated carbocycles. The van der Waals surface area contributed by atoms with Gasteiger partial charge in [-0.25, -0.2) is 4.39 Å². The van der Waals surface area contributed by atoms with Crippen LogP contribution >= 0.6 is 0 Å². The van der Waals surface area contributed by atoms with Crippen molar-refractivity contribution in [3.8, 4) is 0 Å². The number of carboxylic acid groups (broad SMARTS) is 1. The van der Waals surface area contributed by atoms with Crippen LogP contribution in [0.4, 0.5) is 4.39 Å². The number of halogens is 1. The number of carboxylic acids is 1. The van der Waals surface area contributed by atoms with Gasteiger partial charge in [0.2, 0.25) is 0 Å². The van der Waals surface area contributed by atoms with Gasteiger partial charge in [0.05, 0.1) is 11.5 Å². The van der Waals surface area contributed by atoms with Gasteiger partial charge >= 0.3 is 5.97 Å². The van der Waals surface area contributed by atoms with E-state index in [0.29, 0.717) is 22.6 Å². The first-order valence-electron chi connectivity index (χ1n) is 6.72. The second-order valence-corrected chi connectivity index (χ2v) is 4.98. The molecule has 22 heavy (non-hydrogen) atoms. The highest BCUT2D eigenvalue weighted by Crippen LogP contribution is 2.17. The molecular weight excluding hydrogens is 289 g/mol. The van der Waals surface area contributed by atoms with E-state index < -0.39 is 23.6 Å². The molecule has 0 aliphatic heterocycles. The number of hydrogen-bond donors (Lipinski definition) is 2. The molecule has 5 nitrogen and oxygen atoms in total. The maximum Gasteiger partial charge on any atom is 0.312 e. The van der Waals surface area contributed by atoms with Crippen molar-refractivity contribution in [2.45, 2.75) is 19.8 Å². The fraction of sp³-hybridized carbons (Fsp3) is 0.250. The van der Waals surface area contributed by atoms with Gasteiger partial charge in [0.15, 0.2) is 0 Å². The van der Waals surface area contributed by atoms with Crippen molar-refractivity contribution in [2.75, 3.05) is 6.54 Å². The molecule has 6 heteroatoms. The van der Waals surface area contributed by atoms with Crippen molar-refractivity contribution in [2.24, 2.45) is 0 Å². The van der Waals surface area contributed by atoms with Gasteiger partial charge in [-0.1, -0.05) is 12.1 Å². The molecule has 0 bridgehead atoms. The number of benzene rings is 1. The molecule has 116 valence electrons. The third-order valence-electron chi connectivity index (χ3n) is 3.32. The molecule has 1 heterocycles. The molecule has 0 aliphatic carbocycles. The molecule has 1 atom stereocenters. The maximum absolute atomic E-state index is 12.9. The number of nitrogens with one attached hydrogen (secondary N) is 1. The highest BCUT2D eigenvalue weighted by atomic mass is 19.1. The number of carbonyl (C=O) groups excluding carboxylic acids is 1. The van der Waals surface area contributed by atoms with E-state index >= 15 is 0 Å². The Labute approximate surface area is 126 Å². The lowest BCUT2D eigenvalue weighted by molar-refractivity contribution is -0.138. The maximum atomic E-state index is 12.9. The van der Waals surface area contributed by atoms with Crippen LogP contribution in [0, 0.1) is 19.7 Å². The molecule has 0 spiro atoms. The second kappa shape index (κ2) is 6.43. The van der Waals surface area contributed by atoms with Crippen LogP contribution in [0.15, 0.2) is 34.7 Å². The van der Waals surface area contributed by atoms with E-state index in [9.17, 15) is 19.1 Å². The number of hydrogen-bond acceptors (Lipinski definition) is 3. The highest BCUT2D eigenvalue weighted by molar-refractivity contribution is 5.95. The van der Waals surface area contributed by atoms with E-state index in [2.05, 4.69) is 5.32 Å². The fourth-order valence-electron chi connectivity index (χ4n) is 2.19. The lowest BCUT2D eigenvalue weighted by Gasteiger charge is -2.13. The Bertz CT molecular complexity index is 691. The first-order chi connectivity index (χ1) is 10.4. The first-order valence-corrected chi connectivity index (χ1v) is 6.72. The van der Waals surface area contributed by atoms with Crippen LogP contribution in [-0.2, 0) is 4.79 Å². The van der Waals surface area contributed by atoms with Crippen molar-refractivity contribution < 1.29 is 23.5 Å². The Kier molecular flexibility index (Phi) is 4.60. The minimum atomic E-state index is -1.09. The molecule has 0 fully saturated rings. The van der Waals surface area contributed by atoms with Crippen LogP contribution in [0.3, 0.4) is 0 Å². The Hall–Kier alpha value is -2.63. The highest BCUT2D eigenvalue weighted by Gasteiger charge is 2.22. The van der Waals surface area contributed by atoms with E-state index in [-0.39, 0.29) is 6.54 Å². The van der Waals surface area contributed by atoms with Gasteiger partial charge in [0.1, 0.15) is 17.3 Å². The summed E-state index contributed by atoms with van der Waals surface area (Å²) in [5.74, 6) is -1.80. The summed E-state index contributed by atoms with van der Waals surface area (Å²) >= 11 is 0. The molecule has 0 radical (unpaired) electrons. The van der Waals surface area contributed by atoms with Crippen LogP contribution in [-0.4, -0.2) is 23.5 Å². The molecule has 1 aromatic carbocycles. The molecule has 0 saturated heterocycles. The van der Waals surface area contributed by atoms with Crippen molar-refractivity contribution in [3.05, 3.63) is 58.8 Å². The van der Waals surface area contributed by atoms with Crippen molar-refractivity contribution >= 4 is 11.9 Å². The summed E-state index contributed by atoms with van der Waals surface area (Å²) in [4.78, 5) is 23.4. The molecule has 1 aromatic heterocycles. The van der Waals surface area contributed by atoms with Crippen molar-refractivity contribution in [3.63, 3.8) is 0 Å². The molecule has 1 unspecified atom stereocenters. The van der Waals surface area contributed by atoms with Crippen molar-refractivity contribution in [1.82, 2.24) is 5.32 Å². The zero-order valence-electron chi connectivity index (χ0n) is 12.2. The average molecular weight is 305 g/mol. The molecule has 2 rings (SSSR count). The van der Waals surface area contributed by atoms with Crippen molar-refractivity contribution in [1.29, 1.82) is 0 Å². The number of carbonyl (C=O) groups is 2. The Morgan fingerprint density at radius 2 is 1.91 bits per heavy atom. The summed E-state index contributed by atoms with van der Waals surface area (Å²) in [6.45, 7) is 3.29. The number of furan rings is 1. The smallest absolute Gasteiger partial charge is 0.312 e. The van der Waals surface area contributed by atoms with Crippen LogP contribution in [0.2, 0.25) is 0 Å². The van der Waals surface area contributed by atoms with Gasteiger partial charge < -0.3 is 14.8 Å². The predicted octanol–water partition coefficient (Wildman–Crippen LogP) is 2.63. The van der Waals surface area contributed by atoms with E-state index in [1.165, 1.54) is 24.3 Å². The first kappa shape index (κ1) is 15.8. The van der Waals surface area contributed by atoms with E-state index in [4.69, 9.17) is 4.42 Å². The zero-order chi connectivity index (χ0) is 16.3. The Balaban J connectivity index is 2.09. The summed E-state index contributed by atoms with van der Waals surface area (Å²) in [6, 6.07) is 6.77. The summed E-state index contributed by atoms with van der Waals surface area (Å²) in [5, 5.41) is 11.8. The summed E-state index contributed by atoms with van der Waals surface area (Å²) in [6.07, 6.45) is 0. The summed E-state index contributed by atoms with van der Waals surface area (Å²) < 4.78 is 18.2. The summed E-state index contributed by atoms with van der Waals surface area (Å²) in [5.41, 5.74) is 0.801. The van der Waals surface area contributed by atoms with Crippen LogP contribution < -0.4 is 5.32 Å². The topological polar surface area (TPSA) is 79.5 Å². The van der Waals surface area contributed by atoms with Gasteiger partial charge in [0, 0.05) is 6.54 Å². The van der Waals surface area contributed by atoms with Crippen LogP contribution in [0.5, 0.6) is 0 Å². The summed E-state index contributed by atoms with van der Waals surface area (Å²) in [7, 11) is 0. The fourth-order valence-corrected chi connectivity index (χ4v) is 2.19. The molecule has 1 amide bonds. The molecular formula is C16H16FNO4. The molecule has 2 N–H and O–H groups in total. The largest absolute Gasteiger partial charge is 0.481 e. The average Bonchev–Trinajstić information content (AvgIpc) is 2.79. The van der Waals surface area contributed by atoms with Crippen LogP contribution in [0.1, 0.15) is 33.4 Å². The number of amides is 1. The van der Waals surface area contributed by atoms with Gasteiger partial charge in [-0.15, -0.1) is 0 Å². The lowest BCUT2D eigenvalue weighted by atomic mass is 9.99. The predicted molar refractivity (Wildman–Crippen MR) is 77.3 cm³/mol. The lowest BCUT2D eigenvalue weighted by Crippen LogP contribution is -2.31. The van der Waals surface area contributed by atoms with E-state index in [1.54, 1.807) is 19.9 Å².